The molecule has 2 fully saturated rings. The van der Waals surface area contributed by atoms with E-state index in [4.69, 9.17) is 9.26 Å². The number of rotatable bonds is 3. The highest BCUT2D eigenvalue weighted by molar-refractivity contribution is 7.09. The third-order valence-electron chi connectivity index (χ3n) is 4.48. The Morgan fingerprint density at radius 2 is 2.27 bits per heavy atom. The Hall–Kier alpha value is -1.31. The quantitative estimate of drug-likeness (QED) is 0.866. The second-order valence-corrected chi connectivity index (χ2v) is 7.19. The number of ether oxygens (including phenoxy) is 1. The van der Waals surface area contributed by atoms with Crippen LogP contribution in [0.1, 0.15) is 41.4 Å². The Balaban J connectivity index is 1.39. The van der Waals surface area contributed by atoms with Crippen molar-refractivity contribution in [3.63, 3.8) is 0 Å². The van der Waals surface area contributed by atoms with Crippen molar-refractivity contribution < 1.29 is 9.26 Å². The summed E-state index contributed by atoms with van der Waals surface area (Å²) in [5.41, 5.74) is 1.11. The standard InChI is InChI=1S/C15H20N4O2S/c1-9-8-22-14(16-9)7-19-4-3-11-5-12(20-13(11)6-19)15-17-10(2)18-21-15/h8,11-13H,3-7H2,1-2H3/t11-,12-,13+/m0/s1. The minimum absolute atomic E-state index is 0.0294. The van der Waals surface area contributed by atoms with Gasteiger partial charge in [0.2, 0.25) is 0 Å². The van der Waals surface area contributed by atoms with Gasteiger partial charge in [-0.25, -0.2) is 4.98 Å². The molecule has 6 nitrogen and oxygen atoms in total. The van der Waals surface area contributed by atoms with Crippen LogP contribution in [-0.4, -0.2) is 39.2 Å². The molecule has 2 aromatic heterocycles. The summed E-state index contributed by atoms with van der Waals surface area (Å²) in [6.45, 7) is 6.89. The first-order chi connectivity index (χ1) is 10.7. The van der Waals surface area contributed by atoms with Crippen molar-refractivity contribution >= 4 is 11.3 Å². The van der Waals surface area contributed by atoms with Gasteiger partial charge in [-0.3, -0.25) is 4.90 Å². The third kappa shape index (κ3) is 2.80. The molecule has 3 atom stereocenters. The Kier molecular flexibility index (Phi) is 3.71. The smallest absolute Gasteiger partial charge is 0.255 e. The summed E-state index contributed by atoms with van der Waals surface area (Å²) in [4.78, 5) is 11.3. The first kappa shape index (κ1) is 14.3. The van der Waals surface area contributed by atoms with E-state index in [2.05, 4.69) is 25.4 Å². The number of aryl methyl sites for hydroxylation is 2. The number of fused-ring (bicyclic) bond motifs is 1. The van der Waals surface area contributed by atoms with Crippen LogP contribution in [0.15, 0.2) is 9.90 Å². The summed E-state index contributed by atoms with van der Waals surface area (Å²) in [6, 6.07) is 0. The maximum absolute atomic E-state index is 6.18. The van der Waals surface area contributed by atoms with E-state index in [9.17, 15) is 0 Å². The summed E-state index contributed by atoms with van der Waals surface area (Å²) in [7, 11) is 0. The zero-order valence-corrected chi connectivity index (χ0v) is 13.7. The summed E-state index contributed by atoms with van der Waals surface area (Å²) < 4.78 is 11.5. The molecule has 0 spiro atoms. The van der Waals surface area contributed by atoms with Crippen molar-refractivity contribution in [3.8, 4) is 0 Å². The first-order valence-corrected chi connectivity index (χ1v) is 8.64. The molecule has 2 saturated heterocycles. The molecule has 4 heterocycles. The van der Waals surface area contributed by atoms with E-state index >= 15 is 0 Å². The molecular weight excluding hydrogens is 300 g/mol. The largest absolute Gasteiger partial charge is 0.364 e. The number of likely N-dealkylation sites (tertiary alicyclic amines) is 1. The van der Waals surface area contributed by atoms with Crippen LogP contribution >= 0.6 is 11.3 Å². The average Bonchev–Trinajstić information content (AvgIpc) is 3.18. The van der Waals surface area contributed by atoms with E-state index in [1.165, 1.54) is 11.4 Å². The second-order valence-electron chi connectivity index (χ2n) is 6.25. The average molecular weight is 320 g/mol. The fourth-order valence-electron chi connectivity index (χ4n) is 3.41. The van der Waals surface area contributed by atoms with Gasteiger partial charge >= 0.3 is 0 Å². The van der Waals surface area contributed by atoms with Gasteiger partial charge in [-0.1, -0.05) is 5.16 Å². The highest BCUT2D eigenvalue weighted by Crippen LogP contribution is 2.40. The van der Waals surface area contributed by atoms with Gasteiger partial charge in [0.25, 0.3) is 5.89 Å². The number of aromatic nitrogens is 3. The summed E-state index contributed by atoms with van der Waals surface area (Å²) in [5.74, 6) is 1.91. The molecule has 0 saturated carbocycles. The van der Waals surface area contributed by atoms with Gasteiger partial charge in [-0.05, 0) is 39.2 Å². The lowest BCUT2D eigenvalue weighted by molar-refractivity contribution is -0.0190. The first-order valence-electron chi connectivity index (χ1n) is 7.76. The minimum Gasteiger partial charge on any atom is -0.364 e. The van der Waals surface area contributed by atoms with Crippen LogP contribution in [0.5, 0.6) is 0 Å². The molecule has 2 aromatic rings. The number of hydrogen-bond donors (Lipinski definition) is 0. The molecule has 4 rings (SSSR count). The van der Waals surface area contributed by atoms with Gasteiger partial charge in [0, 0.05) is 17.6 Å². The van der Waals surface area contributed by atoms with Gasteiger partial charge in [0.05, 0.1) is 12.6 Å². The fourth-order valence-corrected chi connectivity index (χ4v) is 4.22. The van der Waals surface area contributed by atoms with Gasteiger partial charge in [-0.2, -0.15) is 4.98 Å². The maximum atomic E-state index is 6.18. The molecule has 0 aromatic carbocycles. The van der Waals surface area contributed by atoms with Crippen LogP contribution in [-0.2, 0) is 11.3 Å². The van der Waals surface area contributed by atoms with E-state index in [1.807, 2.05) is 13.8 Å². The maximum Gasteiger partial charge on any atom is 0.255 e. The zero-order chi connectivity index (χ0) is 15.1. The molecule has 0 bridgehead atoms. The molecule has 2 aliphatic rings. The summed E-state index contributed by atoms with van der Waals surface area (Å²) >= 11 is 1.74. The molecule has 0 N–H and O–H groups in total. The van der Waals surface area contributed by atoms with Gasteiger partial charge in [0.15, 0.2) is 5.82 Å². The van der Waals surface area contributed by atoms with Crippen LogP contribution in [0.25, 0.3) is 0 Å². The Labute approximate surface area is 133 Å². The predicted octanol–water partition coefficient (Wildman–Crippen LogP) is 2.50. The molecular formula is C15H20N4O2S. The Morgan fingerprint density at radius 3 is 3.00 bits per heavy atom. The normalized spacial score (nSPS) is 28.9. The Morgan fingerprint density at radius 1 is 1.36 bits per heavy atom. The van der Waals surface area contributed by atoms with Crippen molar-refractivity contribution in [2.45, 2.75) is 45.4 Å². The van der Waals surface area contributed by atoms with Crippen molar-refractivity contribution in [2.24, 2.45) is 5.92 Å². The van der Waals surface area contributed by atoms with Crippen LogP contribution in [0.4, 0.5) is 0 Å². The van der Waals surface area contributed by atoms with Crippen molar-refractivity contribution in [1.29, 1.82) is 0 Å². The molecule has 2 aliphatic heterocycles. The zero-order valence-electron chi connectivity index (χ0n) is 12.9. The van der Waals surface area contributed by atoms with Crippen molar-refractivity contribution in [1.82, 2.24) is 20.0 Å². The highest BCUT2D eigenvalue weighted by Gasteiger charge is 2.41. The van der Waals surface area contributed by atoms with Crippen molar-refractivity contribution in [3.05, 3.63) is 27.8 Å². The summed E-state index contributed by atoms with van der Waals surface area (Å²) in [6.07, 6.45) is 2.40. The highest BCUT2D eigenvalue weighted by atomic mass is 32.1. The summed E-state index contributed by atoms with van der Waals surface area (Å²) in [5, 5.41) is 7.17. The molecule has 0 aliphatic carbocycles. The molecule has 0 unspecified atom stereocenters. The fraction of sp³-hybridized carbons (Fsp3) is 0.667. The van der Waals surface area contributed by atoms with Crippen LogP contribution < -0.4 is 0 Å². The van der Waals surface area contributed by atoms with E-state index in [0.29, 0.717) is 17.6 Å². The van der Waals surface area contributed by atoms with E-state index < -0.39 is 0 Å². The minimum atomic E-state index is -0.0294. The Bertz CT molecular complexity index is 656. The molecule has 0 radical (unpaired) electrons. The third-order valence-corrected chi connectivity index (χ3v) is 5.43. The lowest BCUT2D eigenvalue weighted by Gasteiger charge is -2.33. The lowest BCUT2D eigenvalue weighted by Crippen LogP contribution is -2.41. The second kappa shape index (κ2) is 5.72. The lowest BCUT2D eigenvalue weighted by atomic mass is 9.92. The van der Waals surface area contributed by atoms with E-state index in [1.54, 1.807) is 11.3 Å². The van der Waals surface area contributed by atoms with Gasteiger partial charge in [0.1, 0.15) is 11.1 Å². The number of nitrogens with zero attached hydrogens (tertiary/aromatic N) is 4. The molecule has 0 amide bonds. The number of piperidine rings is 1. The number of thiazole rings is 1. The van der Waals surface area contributed by atoms with Gasteiger partial charge in [-0.15, -0.1) is 11.3 Å². The molecule has 7 heteroatoms. The predicted molar refractivity (Wildman–Crippen MR) is 81.5 cm³/mol. The van der Waals surface area contributed by atoms with Crippen LogP contribution in [0.2, 0.25) is 0 Å². The molecule has 22 heavy (non-hydrogen) atoms. The SMILES string of the molecule is Cc1csc(CN2CC[C@H]3C[C@@H](c4nc(C)no4)O[C@@H]3C2)n1. The van der Waals surface area contributed by atoms with E-state index in [0.717, 1.165) is 31.7 Å². The van der Waals surface area contributed by atoms with Gasteiger partial charge < -0.3 is 9.26 Å². The number of hydrogen-bond acceptors (Lipinski definition) is 7. The topological polar surface area (TPSA) is 64.3 Å². The van der Waals surface area contributed by atoms with E-state index in [-0.39, 0.29) is 12.2 Å². The van der Waals surface area contributed by atoms with Crippen LogP contribution in [0.3, 0.4) is 0 Å². The molecule has 118 valence electrons. The van der Waals surface area contributed by atoms with Crippen molar-refractivity contribution in [2.75, 3.05) is 13.1 Å². The monoisotopic (exact) mass is 320 g/mol. The van der Waals surface area contributed by atoms with Crippen LogP contribution in [0, 0.1) is 19.8 Å².